The van der Waals surface area contributed by atoms with Crippen LogP contribution in [0.2, 0.25) is 16.0 Å². The van der Waals surface area contributed by atoms with Crippen molar-refractivity contribution in [3.8, 4) is 0 Å². The summed E-state index contributed by atoms with van der Waals surface area (Å²) in [4.78, 5) is 23.4. The van der Waals surface area contributed by atoms with Crippen LogP contribution in [0, 0.1) is 0 Å². The van der Waals surface area contributed by atoms with E-state index in [1.165, 1.54) is 6.33 Å². The molecule has 2 aromatic heterocycles. The molecular formula is C15H21N6O4Se2. The summed E-state index contributed by atoms with van der Waals surface area (Å²) in [6, 6.07) is -0.650. The van der Waals surface area contributed by atoms with Crippen molar-refractivity contribution in [3.63, 3.8) is 0 Å². The molecule has 147 valence electrons. The fourth-order valence-corrected chi connectivity index (χ4v) is 4.74. The van der Waals surface area contributed by atoms with E-state index < -0.39 is 30.4 Å². The Morgan fingerprint density at radius 1 is 1.52 bits per heavy atom. The molecule has 27 heavy (non-hydrogen) atoms. The summed E-state index contributed by atoms with van der Waals surface area (Å²) in [6.07, 6.45) is 1.56. The van der Waals surface area contributed by atoms with Gasteiger partial charge in [0, 0.05) is 0 Å². The molecule has 12 heteroatoms. The van der Waals surface area contributed by atoms with E-state index in [-0.39, 0.29) is 17.2 Å². The average molecular weight is 507 g/mol. The summed E-state index contributed by atoms with van der Waals surface area (Å²) in [5.41, 5.74) is 6.80. The molecular weight excluding hydrogens is 486 g/mol. The van der Waals surface area contributed by atoms with Crippen molar-refractivity contribution in [1.29, 1.82) is 0 Å². The number of carbonyl (C=O) groups is 1. The fraction of sp³-hybridized carbons (Fsp3) is 0.600. The summed E-state index contributed by atoms with van der Waals surface area (Å²) >= 11 is 3.36. The first kappa shape index (κ1) is 20.5. The fourth-order valence-electron chi connectivity index (χ4n) is 2.97. The molecule has 0 bridgehead atoms. The van der Waals surface area contributed by atoms with E-state index in [2.05, 4.69) is 42.1 Å². The summed E-state index contributed by atoms with van der Waals surface area (Å²) in [7, 11) is 0. The van der Waals surface area contributed by atoms with E-state index in [0.717, 1.165) is 5.32 Å². The number of imidazole rings is 1. The third kappa shape index (κ3) is 4.27. The molecule has 10 nitrogen and oxygen atoms in total. The van der Waals surface area contributed by atoms with Gasteiger partial charge in [-0.15, -0.1) is 0 Å². The van der Waals surface area contributed by atoms with Crippen LogP contribution in [0.25, 0.3) is 11.2 Å². The number of aliphatic hydroxyl groups is 1. The topological polar surface area (TPSA) is 148 Å². The van der Waals surface area contributed by atoms with Crippen LogP contribution in [-0.2, 0) is 9.53 Å². The molecule has 1 aliphatic heterocycles. The van der Waals surface area contributed by atoms with E-state index in [4.69, 9.17) is 10.5 Å². The van der Waals surface area contributed by atoms with Gasteiger partial charge in [0.15, 0.2) is 0 Å². The molecule has 0 aromatic carbocycles. The van der Waals surface area contributed by atoms with Crippen LogP contribution in [0.3, 0.4) is 0 Å². The van der Waals surface area contributed by atoms with E-state index in [0.29, 0.717) is 32.5 Å². The maximum atomic E-state index is 11.4. The Hall–Kier alpha value is -1.26. The average Bonchev–Trinajstić information content (AvgIpc) is 3.18. The molecule has 0 spiro atoms. The van der Waals surface area contributed by atoms with Crippen LogP contribution < -0.4 is 11.1 Å². The van der Waals surface area contributed by atoms with Gasteiger partial charge in [-0.25, -0.2) is 0 Å². The van der Waals surface area contributed by atoms with Gasteiger partial charge in [-0.2, -0.15) is 0 Å². The van der Waals surface area contributed by atoms with Gasteiger partial charge >= 0.3 is 170 Å². The Morgan fingerprint density at radius 2 is 2.30 bits per heavy atom. The first-order valence-electron chi connectivity index (χ1n) is 8.31. The zero-order valence-corrected chi connectivity index (χ0v) is 18.0. The second-order valence-corrected chi connectivity index (χ2v) is 9.39. The van der Waals surface area contributed by atoms with Crippen molar-refractivity contribution in [2.45, 2.75) is 46.9 Å². The van der Waals surface area contributed by atoms with Gasteiger partial charge in [-0.05, 0) is 0 Å². The molecule has 0 saturated carbocycles. The summed E-state index contributed by atoms with van der Waals surface area (Å²) < 4.78 is 7.70. The number of hydrogen-bond donors (Lipinski definition) is 4. The van der Waals surface area contributed by atoms with Gasteiger partial charge in [-0.1, -0.05) is 0 Å². The first-order valence-corrected chi connectivity index (χ1v) is 12.2. The van der Waals surface area contributed by atoms with Crippen molar-refractivity contribution in [1.82, 2.24) is 24.8 Å². The number of aliphatic carboxylic acids is 1. The molecule has 1 radical (unpaired) electrons. The standard InChI is InChI=1S/C15H21N6O4Se2/c1-27-3-2-7(15(23)24)17-4-8-10(22)11(26)14(25-8)21-6-20-9-12(16)18-5-19-13(9)21/h5-8,10-11,14,17,22H,2-4H2,1H3,(H,23,24)(H2,16,18,19)/t7-,8+,10+,11+,14+/m0/s1. The van der Waals surface area contributed by atoms with Crippen molar-refractivity contribution in [2.24, 2.45) is 0 Å². The Bertz CT molecular complexity index is 806. The van der Waals surface area contributed by atoms with Crippen LogP contribution in [-0.4, -0.2) is 91.5 Å². The molecule has 1 saturated heterocycles. The van der Waals surface area contributed by atoms with Crippen molar-refractivity contribution in [2.75, 3.05) is 12.3 Å². The monoisotopic (exact) mass is 509 g/mol. The predicted octanol–water partition coefficient (Wildman–Crippen LogP) is -0.773. The Balaban J connectivity index is 1.71. The minimum atomic E-state index is -0.893. The third-order valence-corrected chi connectivity index (χ3v) is 6.87. The van der Waals surface area contributed by atoms with Gasteiger partial charge in [0.1, 0.15) is 0 Å². The van der Waals surface area contributed by atoms with Crippen LogP contribution in [0.15, 0.2) is 12.7 Å². The van der Waals surface area contributed by atoms with Gasteiger partial charge in [-0.3, -0.25) is 0 Å². The maximum absolute atomic E-state index is 11.4. The number of nitrogens with zero attached hydrogens (tertiary/aromatic N) is 4. The Labute approximate surface area is 170 Å². The van der Waals surface area contributed by atoms with E-state index in [1.54, 1.807) is 10.9 Å². The summed E-state index contributed by atoms with van der Waals surface area (Å²) in [6.45, 7) is 0.229. The van der Waals surface area contributed by atoms with Gasteiger partial charge in [0.2, 0.25) is 0 Å². The number of anilines is 1. The number of nitrogen functional groups attached to an aromatic ring is 1. The number of carboxylic acids is 1. The zero-order chi connectivity index (χ0) is 19.6. The van der Waals surface area contributed by atoms with Crippen LogP contribution >= 0.6 is 0 Å². The Morgan fingerprint density at radius 3 is 3.00 bits per heavy atom. The van der Waals surface area contributed by atoms with Crippen molar-refractivity contribution < 1.29 is 19.7 Å². The van der Waals surface area contributed by atoms with E-state index in [1.807, 2.05) is 0 Å². The number of nitrogens with one attached hydrogen (secondary N) is 1. The van der Waals surface area contributed by atoms with Gasteiger partial charge < -0.3 is 0 Å². The molecule has 1 aliphatic rings. The van der Waals surface area contributed by atoms with Crippen LogP contribution in [0.1, 0.15) is 12.6 Å². The molecule has 1 fully saturated rings. The molecule has 0 aliphatic carbocycles. The molecule has 3 rings (SSSR count). The Kier molecular flexibility index (Phi) is 6.69. The first-order chi connectivity index (χ1) is 12.9. The number of aromatic nitrogens is 4. The summed E-state index contributed by atoms with van der Waals surface area (Å²) in [5.74, 6) is 1.45. The second-order valence-electron chi connectivity index (χ2n) is 6.18. The third-order valence-electron chi connectivity index (χ3n) is 4.45. The zero-order valence-electron chi connectivity index (χ0n) is 14.6. The van der Waals surface area contributed by atoms with Gasteiger partial charge in [0.05, 0.1) is 0 Å². The number of fused-ring (bicyclic) bond motifs is 1. The molecule has 3 heterocycles. The molecule has 0 amide bonds. The van der Waals surface area contributed by atoms with Crippen molar-refractivity contribution in [3.05, 3.63) is 12.7 Å². The normalized spacial score (nSPS) is 26.5. The quantitative estimate of drug-likeness (QED) is 0.338. The molecule has 0 unspecified atom stereocenters. The molecule has 5 atom stereocenters. The number of rotatable bonds is 8. The molecule has 2 aromatic rings. The number of hydrogen-bond acceptors (Lipinski definition) is 8. The predicted molar refractivity (Wildman–Crippen MR) is 99.6 cm³/mol. The van der Waals surface area contributed by atoms with Crippen LogP contribution in [0.5, 0.6) is 0 Å². The minimum absolute atomic E-state index is 0.229. The van der Waals surface area contributed by atoms with E-state index >= 15 is 0 Å². The van der Waals surface area contributed by atoms with Crippen molar-refractivity contribution >= 4 is 53.9 Å². The molecule has 5 N–H and O–H groups in total. The van der Waals surface area contributed by atoms with Gasteiger partial charge in [0.25, 0.3) is 0 Å². The number of aliphatic hydroxyl groups excluding tert-OH is 1. The number of nitrogens with two attached hydrogens (primary N) is 1. The SMILES string of the molecule is C[Se]CC[C@H](NC[C@H]1O[C@@H](n2cnc3c(N)ncnc32)[C@H]([Se])[C@@H]1O)C(=O)O. The number of ether oxygens (including phenoxy) is 1. The second kappa shape index (κ2) is 8.83. The number of carboxylic acid groups (broad SMARTS) is 1. The van der Waals surface area contributed by atoms with E-state index in [9.17, 15) is 15.0 Å². The van der Waals surface area contributed by atoms with Crippen LogP contribution in [0.4, 0.5) is 5.82 Å². The summed E-state index contributed by atoms with van der Waals surface area (Å²) in [5, 5.41) is 23.8.